The Kier molecular flexibility index (Phi) is 8.80. The van der Waals surface area contributed by atoms with Crippen LogP contribution < -0.4 is 14.4 Å². The molecule has 13 heteroatoms. The zero-order valence-electron chi connectivity index (χ0n) is 28.3. The minimum Gasteiger partial charge on any atom is -0.490 e. The zero-order valence-corrected chi connectivity index (χ0v) is 29.8. The number of nitrogens with one attached hydrogen (secondary N) is 1. The number of sulfonamides is 1. The van der Waals surface area contributed by atoms with E-state index in [9.17, 15) is 18.0 Å². The SMILES string of the molecule is CN(C(=O)O[C@H]1/C=C/COC2(CCC2)C(=O)NS(=O)(=O)c2ccc3c(c2)N(C[C@@H]2CC[C@H]21)C[C@@]1(CCCc2cc(Cl)ccc21)CO3)C1COC1. The van der Waals surface area contributed by atoms with Gasteiger partial charge in [-0.25, -0.2) is 17.9 Å². The Balaban J connectivity index is 1.18. The molecule has 2 bridgehead atoms. The van der Waals surface area contributed by atoms with Crippen LogP contribution in [0.1, 0.15) is 56.1 Å². The van der Waals surface area contributed by atoms with E-state index < -0.39 is 33.7 Å². The number of hydrogen-bond acceptors (Lipinski definition) is 9. The van der Waals surface area contributed by atoms with Crippen LogP contribution in [0.4, 0.5) is 10.5 Å². The number of aryl methyl sites for hydroxylation is 1. The van der Waals surface area contributed by atoms with Crippen molar-refractivity contribution in [1.29, 1.82) is 0 Å². The van der Waals surface area contributed by atoms with E-state index in [1.54, 1.807) is 30.2 Å². The second-order valence-corrected chi connectivity index (χ2v) is 17.0. The summed E-state index contributed by atoms with van der Waals surface area (Å²) >= 11 is 6.44. The Labute approximate surface area is 298 Å². The van der Waals surface area contributed by atoms with Gasteiger partial charge in [-0.2, -0.15) is 0 Å². The summed E-state index contributed by atoms with van der Waals surface area (Å²) in [5.41, 5.74) is 1.50. The maximum Gasteiger partial charge on any atom is 0.410 e. The first kappa shape index (κ1) is 33.8. The second-order valence-electron chi connectivity index (χ2n) is 14.9. The predicted molar refractivity (Wildman–Crippen MR) is 186 cm³/mol. The summed E-state index contributed by atoms with van der Waals surface area (Å²) in [5.74, 6) is 0.104. The number of hydrogen-bond donors (Lipinski definition) is 1. The number of fused-ring (bicyclic) bond motifs is 4. The molecule has 3 fully saturated rings. The molecule has 8 rings (SSSR count). The Morgan fingerprint density at radius 2 is 1.94 bits per heavy atom. The van der Waals surface area contributed by atoms with E-state index in [0.29, 0.717) is 62.2 Å². The molecule has 0 radical (unpaired) electrons. The lowest BCUT2D eigenvalue weighted by molar-refractivity contribution is -0.155. The number of rotatable bonds is 2. The molecule has 1 N–H and O–H groups in total. The molecule has 3 aliphatic heterocycles. The van der Waals surface area contributed by atoms with Gasteiger partial charge in [0.25, 0.3) is 15.9 Å². The fourth-order valence-electron chi connectivity index (χ4n) is 8.47. The lowest BCUT2D eigenvalue weighted by Gasteiger charge is -2.46. The van der Waals surface area contributed by atoms with Crippen molar-refractivity contribution in [3.8, 4) is 5.75 Å². The summed E-state index contributed by atoms with van der Waals surface area (Å²) in [6, 6.07) is 10.9. The zero-order chi connectivity index (χ0) is 34.7. The first-order valence-corrected chi connectivity index (χ1v) is 19.6. The summed E-state index contributed by atoms with van der Waals surface area (Å²) in [4.78, 5) is 30.8. The maximum atomic E-state index is 13.8. The van der Waals surface area contributed by atoms with Crippen molar-refractivity contribution in [2.24, 2.45) is 11.8 Å². The third-order valence-corrected chi connectivity index (χ3v) is 13.5. The summed E-state index contributed by atoms with van der Waals surface area (Å²) in [6.07, 6.45) is 8.97. The first-order valence-electron chi connectivity index (χ1n) is 17.8. The number of likely N-dealkylation sites (N-methyl/N-ethyl adjacent to an activating group) is 1. The number of benzene rings is 2. The third kappa shape index (κ3) is 6.05. The summed E-state index contributed by atoms with van der Waals surface area (Å²) in [5, 5.41) is 0.705. The fourth-order valence-corrected chi connectivity index (χ4v) is 9.73. The van der Waals surface area contributed by atoms with Crippen LogP contribution in [0.15, 0.2) is 53.4 Å². The van der Waals surface area contributed by atoms with Crippen LogP contribution >= 0.6 is 11.6 Å². The van der Waals surface area contributed by atoms with Gasteiger partial charge in [-0.3, -0.25) is 4.79 Å². The molecule has 50 heavy (non-hydrogen) atoms. The minimum absolute atomic E-state index is 0.00795. The van der Waals surface area contributed by atoms with Gasteiger partial charge in [0.2, 0.25) is 0 Å². The molecule has 1 saturated heterocycles. The van der Waals surface area contributed by atoms with Gasteiger partial charge in [0.15, 0.2) is 0 Å². The van der Waals surface area contributed by atoms with E-state index in [4.69, 9.17) is 30.5 Å². The van der Waals surface area contributed by atoms with Gasteiger partial charge in [-0.15, -0.1) is 0 Å². The average molecular weight is 726 g/mol. The number of amides is 2. The summed E-state index contributed by atoms with van der Waals surface area (Å²) < 4.78 is 54.0. The Bertz CT molecular complexity index is 1810. The van der Waals surface area contributed by atoms with Crippen LogP contribution in [-0.2, 0) is 40.9 Å². The van der Waals surface area contributed by atoms with Gasteiger partial charge >= 0.3 is 6.09 Å². The van der Waals surface area contributed by atoms with Crippen LogP contribution in [-0.4, -0.2) is 89.6 Å². The molecule has 11 nitrogen and oxygen atoms in total. The number of nitrogens with zero attached hydrogens (tertiary/aromatic N) is 2. The third-order valence-electron chi connectivity index (χ3n) is 11.9. The van der Waals surface area contributed by atoms with Gasteiger partial charge in [0.1, 0.15) is 17.5 Å². The van der Waals surface area contributed by atoms with Crippen molar-refractivity contribution >= 4 is 39.3 Å². The van der Waals surface area contributed by atoms with Crippen LogP contribution in [0.5, 0.6) is 5.75 Å². The summed E-state index contributed by atoms with van der Waals surface area (Å²) in [7, 11) is -2.48. The molecule has 3 heterocycles. The van der Waals surface area contributed by atoms with Crippen molar-refractivity contribution in [3.63, 3.8) is 0 Å². The molecule has 2 aromatic rings. The lowest BCUT2D eigenvalue weighted by Crippen LogP contribution is -2.55. The molecule has 2 saturated carbocycles. The predicted octanol–water partition coefficient (Wildman–Crippen LogP) is 4.99. The molecule has 2 spiro atoms. The highest BCUT2D eigenvalue weighted by molar-refractivity contribution is 7.90. The quantitative estimate of drug-likeness (QED) is 0.427. The number of halogens is 1. The molecule has 4 atom stereocenters. The van der Waals surface area contributed by atoms with Crippen LogP contribution in [0.3, 0.4) is 0 Å². The number of carbonyl (C=O) groups excluding carboxylic acids is 2. The smallest absolute Gasteiger partial charge is 0.410 e. The first-order chi connectivity index (χ1) is 24.1. The van der Waals surface area contributed by atoms with Gasteiger partial charge in [-0.1, -0.05) is 23.7 Å². The van der Waals surface area contributed by atoms with E-state index in [1.165, 1.54) is 17.2 Å². The van der Waals surface area contributed by atoms with Crippen LogP contribution in [0.2, 0.25) is 5.02 Å². The second kappa shape index (κ2) is 13.0. The van der Waals surface area contributed by atoms with E-state index in [1.807, 2.05) is 12.1 Å². The van der Waals surface area contributed by atoms with Crippen molar-refractivity contribution in [3.05, 3.63) is 64.7 Å². The van der Waals surface area contributed by atoms with Crippen molar-refractivity contribution in [1.82, 2.24) is 9.62 Å². The Hall–Kier alpha value is -3.32. The normalized spacial score (nSPS) is 30.6. The topological polar surface area (TPSA) is 124 Å². The Morgan fingerprint density at radius 1 is 1.10 bits per heavy atom. The molecule has 6 aliphatic rings. The van der Waals surface area contributed by atoms with Gasteiger partial charge in [-0.05, 0) is 105 Å². The fraction of sp³-hybridized carbons (Fsp3) is 0.568. The average Bonchev–Trinajstić information content (AvgIpc) is 3.17. The largest absolute Gasteiger partial charge is 0.490 e. The van der Waals surface area contributed by atoms with Crippen molar-refractivity contribution < 1.29 is 37.0 Å². The van der Waals surface area contributed by atoms with E-state index in [2.05, 4.69) is 21.8 Å². The molecular weight excluding hydrogens is 682 g/mol. The van der Waals surface area contributed by atoms with Gasteiger partial charge in [0, 0.05) is 36.5 Å². The highest BCUT2D eigenvalue weighted by Crippen LogP contribution is 2.47. The molecule has 268 valence electrons. The molecule has 2 aromatic carbocycles. The molecular formula is C37H44ClN3O8S. The van der Waals surface area contributed by atoms with E-state index in [0.717, 1.165) is 38.5 Å². The van der Waals surface area contributed by atoms with Crippen LogP contribution in [0, 0.1) is 11.8 Å². The summed E-state index contributed by atoms with van der Waals surface area (Å²) in [6.45, 7) is 2.70. The molecule has 3 aliphatic carbocycles. The van der Waals surface area contributed by atoms with Crippen molar-refractivity contribution in [2.45, 2.75) is 79.4 Å². The van der Waals surface area contributed by atoms with Crippen LogP contribution in [0.25, 0.3) is 0 Å². The standard InChI is InChI=1S/C37H44ClN3O8S/c1-40(27-20-46-21-27)35(43)49-32-6-3-16-48-37(14-4-15-37)34(42)39-50(44,45)28-9-12-33-31(18-28)41(19-25-7-10-29(25)32)22-36(23-47-33)13-2-5-24-17-26(38)8-11-30(24)36/h3,6,8-9,11-12,17-18,25,27,29,32H,2,4-5,7,10,13-16,19-23H2,1H3,(H,39,42)/b6-3+/t25-,29+,32-,36-/m0/s1. The van der Waals surface area contributed by atoms with E-state index >= 15 is 0 Å². The number of carbonyl (C=O) groups is 2. The molecule has 0 aromatic heterocycles. The van der Waals surface area contributed by atoms with E-state index in [-0.39, 0.29) is 34.8 Å². The highest BCUT2D eigenvalue weighted by Gasteiger charge is 2.48. The number of anilines is 1. The molecule has 0 unspecified atom stereocenters. The maximum absolute atomic E-state index is 13.8. The number of ether oxygens (including phenoxy) is 4. The highest BCUT2D eigenvalue weighted by atomic mass is 35.5. The van der Waals surface area contributed by atoms with Gasteiger partial charge in [0.05, 0.1) is 43.1 Å². The molecule has 2 amide bonds. The monoisotopic (exact) mass is 725 g/mol. The Morgan fingerprint density at radius 3 is 2.66 bits per heavy atom. The minimum atomic E-state index is -4.22. The van der Waals surface area contributed by atoms with Gasteiger partial charge < -0.3 is 28.7 Å². The lowest BCUT2D eigenvalue weighted by atomic mass is 9.68. The van der Waals surface area contributed by atoms with Crippen molar-refractivity contribution in [2.75, 3.05) is 51.5 Å².